The third-order valence-electron chi connectivity index (χ3n) is 4.33. The van der Waals surface area contributed by atoms with Gasteiger partial charge in [-0.1, -0.05) is 78.9 Å². The van der Waals surface area contributed by atoms with Crippen LogP contribution in [-0.2, 0) is 14.3 Å². The molecule has 3 rings (SSSR count). The van der Waals surface area contributed by atoms with E-state index in [4.69, 9.17) is 4.74 Å². The number of rotatable bonds is 8. The number of carbonyl (C=O) groups is 3. The number of benzene rings is 3. The first-order chi connectivity index (χ1) is 14.6. The van der Waals surface area contributed by atoms with E-state index in [1.54, 1.807) is 30.3 Å². The first-order valence-electron chi connectivity index (χ1n) is 9.53. The van der Waals surface area contributed by atoms with Gasteiger partial charge in [-0.05, 0) is 23.3 Å². The van der Waals surface area contributed by atoms with Gasteiger partial charge in [0.15, 0.2) is 6.10 Å². The van der Waals surface area contributed by atoms with Gasteiger partial charge < -0.3 is 15.4 Å². The highest BCUT2D eigenvalue weighted by Crippen LogP contribution is 2.25. The zero-order chi connectivity index (χ0) is 21.2. The van der Waals surface area contributed by atoms with Crippen molar-refractivity contribution < 1.29 is 19.1 Å². The molecule has 0 saturated carbocycles. The van der Waals surface area contributed by atoms with Crippen molar-refractivity contribution in [1.29, 1.82) is 0 Å². The molecule has 0 bridgehead atoms. The second-order valence-electron chi connectivity index (χ2n) is 6.52. The molecule has 0 fully saturated rings. The lowest BCUT2D eigenvalue weighted by molar-refractivity contribution is -0.147. The van der Waals surface area contributed by atoms with Crippen molar-refractivity contribution >= 4 is 17.8 Å². The molecule has 0 heterocycles. The molecular formula is C24H22N2O4. The lowest BCUT2D eigenvalue weighted by atomic mass is 10.0. The molecule has 0 aliphatic carbocycles. The molecule has 0 radical (unpaired) electrons. The highest BCUT2D eigenvalue weighted by atomic mass is 16.5. The minimum atomic E-state index is -0.574. The van der Waals surface area contributed by atoms with Crippen LogP contribution >= 0.6 is 0 Å². The van der Waals surface area contributed by atoms with Gasteiger partial charge in [-0.2, -0.15) is 0 Å². The van der Waals surface area contributed by atoms with Crippen molar-refractivity contribution in [2.75, 3.05) is 13.1 Å². The SMILES string of the molecule is O=C(CNC(=O)c1ccccc1)NCC(=O)OC(c1ccccc1)c1ccccc1. The van der Waals surface area contributed by atoms with Crippen molar-refractivity contribution in [2.45, 2.75) is 6.10 Å². The van der Waals surface area contributed by atoms with Gasteiger partial charge in [0, 0.05) is 5.56 Å². The van der Waals surface area contributed by atoms with Gasteiger partial charge in [-0.25, -0.2) is 0 Å². The van der Waals surface area contributed by atoms with Crippen LogP contribution in [0.3, 0.4) is 0 Å². The van der Waals surface area contributed by atoms with E-state index in [0.717, 1.165) is 11.1 Å². The predicted octanol–water partition coefficient (Wildman–Crippen LogP) is 2.87. The lowest BCUT2D eigenvalue weighted by Crippen LogP contribution is -2.39. The van der Waals surface area contributed by atoms with E-state index in [-0.39, 0.29) is 19.0 Å². The maximum Gasteiger partial charge on any atom is 0.326 e. The molecule has 0 aliphatic heterocycles. The summed E-state index contributed by atoms with van der Waals surface area (Å²) in [4.78, 5) is 36.3. The Morgan fingerprint density at radius 2 is 1.17 bits per heavy atom. The summed E-state index contributed by atoms with van der Waals surface area (Å²) in [5.74, 6) is -1.41. The molecule has 6 nitrogen and oxygen atoms in total. The fourth-order valence-electron chi connectivity index (χ4n) is 2.84. The van der Waals surface area contributed by atoms with Gasteiger partial charge in [0.25, 0.3) is 5.91 Å². The normalized spacial score (nSPS) is 10.3. The van der Waals surface area contributed by atoms with Crippen LogP contribution in [-0.4, -0.2) is 30.9 Å². The molecule has 3 aromatic carbocycles. The summed E-state index contributed by atoms with van der Waals surface area (Å²) in [5.41, 5.74) is 2.12. The van der Waals surface area contributed by atoms with E-state index >= 15 is 0 Å². The minimum absolute atomic E-state index is 0.234. The van der Waals surface area contributed by atoms with Gasteiger partial charge >= 0.3 is 5.97 Å². The van der Waals surface area contributed by atoms with Crippen molar-refractivity contribution in [3.8, 4) is 0 Å². The Labute approximate surface area is 174 Å². The summed E-state index contributed by atoms with van der Waals surface area (Å²) >= 11 is 0. The fourth-order valence-corrected chi connectivity index (χ4v) is 2.84. The van der Waals surface area contributed by atoms with E-state index in [0.29, 0.717) is 5.56 Å². The topological polar surface area (TPSA) is 84.5 Å². The van der Waals surface area contributed by atoms with E-state index in [1.807, 2.05) is 60.7 Å². The number of hydrogen-bond acceptors (Lipinski definition) is 4. The van der Waals surface area contributed by atoms with Crippen LogP contribution in [0.5, 0.6) is 0 Å². The van der Waals surface area contributed by atoms with E-state index in [9.17, 15) is 14.4 Å². The summed E-state index contributed by atoms with van der Waals surface area (Å²) in [6.07, 6.45) is -0.574. The van der Waals surface area contributed by atoms with E-state index in [1.165, 1.54) is 0 Å². The smallest absolute Gasteiger partial charge is 0.326 e. The van der Waals surface area contributed by atoms with Gasteiger partial charge in [-0.3, -0.25) is 14.4 Å². The van der Waals surface area contributed by atoms with Crippen LogP contribution < -0.4 is 10.6 Å². The first-order valence-corrected chi connectivity index (χ1v) is 9.53. The standard InChI is InChI=1S/C24H22N2O4/c27-21(16-26-24(29)20-14-8-3-9-15-20)25-17-22(28)30-23(18-10-4-1-5-11-18)19-12-6-2-7-13-19/h1-15,23H,16-17H2,(H,25,27)(H,26,29). The third-order valence-corrected chi connectivity index (χ3v) is 4.33. The number of nitrogens with one attached hydrogen (secondary N) is 2. The van der Waals surface area contributed by atoms with Crippen molar-refractivity contribution in [3.63, 3.8) is 0 Å². The largest absolute Gasteiger partial charge is 0.451 e. The Morgan fingerprint density at radius 1 is 0.667 bits per heavy atom. The Bertz CT molecular complexity index is 936. The molecule has 0 spiro atoms. The van der Waals surface area contributed by atoms with Crippen molar-refractivity contribution in [1.82, 2.24) is 10.6 Å². The highest BCUT2D eigenvalue weighted by Gasteiger charge is 2.19. The highest BCUT2D eigenvalue weighted by molar-refractivity contribution is 5.96. The van der Waals surface area contributed by atoms with Gasteiger partial charge in [-0.15, -0.1) is 0 Å². The second kappa shape index (κ2) is 10.6. The van der Waals surface area contributed by atoms with Crippen LogP contribution in [0, 0.1) is 0 Å². The average molecular weight is 402 g/mol. The second-order valence-corrected chi connectivity index (χ2v) is 6.52. The lowest BCUT2D eigenvalue weighted by Gasteiger charge is -2.19. The average Bonchev–Trinajstić information content (AvgIpc) is 2.81. The molecule has 6 heteroatoms. The van der Waals surface area contributed by atoms with Crippen LogP contribution in [0.25, 0.3) is 0 Å². The maximum absolute atomic E-state index is 12.3. The molecule has 0 saturated heterocycles. The molecule has 0 aliphatic rings. The number of hydrogen-bond donors (Lipinski definition) is 2. The zero-order valence-electron chi connectivity index (χ0n) is 16.3. The number of amides is 2. The number of esters is 1. The Morgan fingerprint density at radius 3 is 1.70 bits per heavy atom. The molecule has 0 unspecified atom stereocenters. The van der Waals surface area contributed by atoms with Crippen LogP contribution in [0.4, 0.5) is 0 Å². The summed E-state index contributed by atoms with van der Waals surface area (Å²) in [6.45, 7) is -0.530. The fraction of sp³-hybridized carbons (Fsp3) is 0.125. The molecule has 2 N–H and O–H groups in total. The molecule has 0 aromatic heterocycles. The van der Waals surface area contributed by atoms with E-state index < -0.39 is 18.0 Å². The quantitative estimate of drug-likeness (QED) is 0.568. The van der Waals surface area contributed by atoms with Gasteiger partial charge in [0.05, 0.1) is 6.54 Å². The van der Waals surface area contributed by atoms with Crippen molar-refractivity contribution in [2.24, 2.45) is 0 Å². The number of carbonyl (C=O) groups excluding carboxylic acids is 3. The van der Waals surface area contributed by atoms with Gasteiger partial charge in [0.2, 0.25) is 5.91 Å². The summed E-state index contributed by atoms with van der Waals surface area (Å²) in [5, 5.41) is 4.98. The van der Waals surface area contributed by atoms with Crippen LogP contribution in [0.2, 0.25) is 0 Å². The Hall–Kier alpha value is -3.93. The number of ether oxygens (including phenoxy) is 1. The van der Waals surface area contributed by atoms with Crippen LogP contribution in [0.1, 0.15) is 27.6 Å². The molecule has 2 amide bonds. The summed E-state index contributed by atoms with van der Waals surface area (Å²) in [6, 6.07) is 27.3. The summed E-state index contributed by atoms with van der Waals surface area (Å²) < 4.78 is 5.63. The molecule has 3 aromatic rings. The molecule has 152 valence electrons. The third kappa shape index (κ3) is 6.04. The first kappa shape index (κ1) is 20.8. The maximum atomic E-state index is 12.3. The molecular weight excluding hydrogens is 380 g/mol. The van der Waals surface area contributed by atoms with E-state index in [2.05, 4.69) is 10.6 Å². The Balaban J connectivity index is 1.52. The predicted molar refractivity (Wildman–Crippen MR) is 113 cm³/mol. The zero-order valence-corrected chi connectivity index (χ0v) is 16.3. The van der Waals surface area contributed by atoms with Gasteiger partial charge in [0.1, 0.15) is 6.54 Å². The van der Waals surface area contributed by atoms with Crippen LogP contribution in [0.15, 0.2) is 91.0 Å². The molecule has 30 heavy (non-hydrogen) atoms. The Kier molecular flexibility index (Phi) is 7.33. The van der Waals surface area contributed by atoms with Crippen molar-refractivity contribution in [3.05, 3.63) is 108 Å². The summed E-state index contributed by atoms with van der Waals surface area (Å²) in [7, 11) is 0. The monoisotopic (exact) mass is 402 g/mol. The molecule has 0 atom stereocenters. The minimum Gasteiger partial charge on any atom is -0.451 e.